The van der Waals surface area contributed by atoms with E-state index in [4.69, 9.17) is 26.1 Å². The van der Waals surface area contributed by atoms with Crippen molar-refractivity contribution < 1.29 is 19.4 Å². The molecule has 0 aliphatic heterocycles. The van der Waals surface area contributed by atoms with Crippen molar-refractivity contribution in [2.24, 2.45) is 5.92 Å². The van der Waals surface area contributed by atoms with Gasteiger partial charge in [0.15, 0.2) is 11.5 Å². The summed E-state index contributed by atoms with van der Waals surface area (Å²) >= 11 is 6.62. The lowest BCUT2D eigenvalue weighted by molar-refractivity contribution is 0.0729. The van der Waals surface area contributed by atoms with E-state index in [0.29, 0.717) is 36.1 Å². The molecule has 1 heterocycles. The maximum Gasteiger partial charge on any atom is 0.255 e. The van der Waals surface area contributed by atoms with Crippen molar-refractivity contribution in [2.45, 2.75) is 33.4 Å². The molecule has 1 N–H and O–H groups in total. The number of ether oxygens (including phenoxy) is 2. The van der Waals surface area contributed by atoms with Gasteiger partial charge < -0.3 is 24.0 Å². The number of phenolic OH excluding ortho intramolecular Hbond substituents is 1. The summed E-state index contributed by atoms with van der Waals surface area (Å²) in [6.45, 7) is 5.48. The Labute approximate surface area is 222 Å². The highest BCUT2D eigenvalue weighted by atomic mass is 35.5. The number of aromatic hydroxyl groups is 1. The zero-order valence-corrected chi connectivity index (χ0v) is 22.3. The number of halogens is 1. The molecule has 0 unspecified atom stereocenters. The molecule has 0 saturated heterocycles. The second-order valence-corrected chi connectivity index (χ2v) is 9.68. The molecule has 8 heteroatoms. The number of carbonyl (C=O) groups is 1. The van der Waals surface area contributed by atoms with Gasteiger partial charge in [0.2, 0.25) is 0 Å². The molecule has 0 aliphatic carbocycles. The third-order valence-corrected chi connectivity index (χ3v) is 6.74. The number of benzene rings is 3. The van der Waals surface area contributed by atoms with Crippen molar-refractivity contribution in [3.63, 3.8) is 0 Å². The average molecular weight is 522 g/mol. The number of hydrogen-bond acceptors (Lipinski definition) is 5. The van der Waals surface area contributed by atoms with Gasteiger partial charge in [-0.15, -0.1) is 0 Å². The number of nitrogens with zero attached hydrogens (tertiary/aromatic N) is 3. The van der Waals surface area contributed by atoms with Gasteiger partial charge >= 0.3 is 0 Å². The highest BCUT2D eigenvalue weighted by Crippen LogP contribution is 2.38. The number of fused-ring (bicyclic) bond motifs is 1. The summed E-state index contributed by atoms with van der Waals surface area (Å²) < 4.78 is 12.8. The van der Waals surface area contributed by atoms with E-state index in [1.54, 1.807) is 29.2 Å². The van der Waals surface area contributed by atoms with E-state index in [1.807, 2.05) is 36.4 Å². The van der Waals surface area contributed by atoms with Crippen LogP contribution in [0.4, 0.5) is 0 Å². The van der Waals surface area contributed by atoms with E-state index in [9.17, 15) is 9.90 Å². The normalized spacial score (nSPS) is 11.2. The molecule has 0 atom stereocenters. The molecule has 0 saturated carbocycles. The zero-order valence-electron chi connectivity index (χ0n) is 21.6. The first-order valence-corrected chi connectivity index (χ1v) is 12.6. The lowest BCUT2D eigenvalue weighted by Gasteiger charge is -2.25. The molecule has 1 amide bonds. The number of rotatable bonds is 10. The Morgan fingerprint density at radius 3 is 2.49 bits per heavy atom. The maximum atomic E-state index is 13.9. The Kier molecular flexibility index (Phi) is 8.24. The topological polar surface area (TPSA) is 76.8 Å². The van der Waals surface area contributed by atoms with Crippen molar-refractivity contribution in [3.05, 3.63) is 82.6 Å². The van der Waals surface area contributed by atoms with Crippen LogP contribution in [0.15, 0.2) is 60.7 Å². The quantitative estimate of drug-likeness (QED) is 0.271. The molecule has 1 aromatic heterocycles. The Bertz CT molecular complexity index is 1400. The van der Waals surface area contributed by atoms with E-state index < -0.39 is 0 Å². The summed E-state index contributed by atoms with van der Waals surface area (Å²) in [6, 6.07) is 18.4. The Morgan fingerprint density at radius 2 is 1.78 bits per heavy atom. The van der Waals surface area contributed by atoms with Crippen LogP contribution < -0.4 is 9.47 Å². The summed E-state index contributed by atoms with van der Waals surface area (Å²) in [7, 11) is 3.02. The van der Waals surface area contributed by atoms with Crippen LogP contribution in [0.2, 0.25) is 5.02 Å². The van der Waals surface area contributed by atoms with Crippen LogP contribution in [0.5, 0.6) is 17.2 Å². The van der Waals surface area contributed by atoms with Crippen LogP contribution in [0.25, 0.3) is 11.0 Å². The predicted octanol–water partition coefficient (Wildman–Crippen LogP) is 6.15. The van der Waals surface area contributed by atoms with Crippen molar-refractivity contribution in [1.82, 2.24) is 14.5 Å². The van der Waals surface area contributed by atoms with Crippen LogP contribution in [0.1, 0.15) is 42.0 Å². The van der Waals surface area contributed by atoms with Crippen LogP contribution >= 0.6 is 11.6 Å². The molecule has 0 radical (unpaired) electrons. The zero-order chi connectivity index (χ0) is 26.5. The molecule has 0 fully saturated rings. The predicted molar refractivity (Wildman–Crippen MR) is 146 cm³/mol. The number of imidazole rings is 1. The summed E-state index contributed by atoms with van der Waals surface area (Å²) in [6.07, 6.45) is 0.816. The van der Waals surface area contributed by atoms with E-state index >= 15 is 0 Å². The molecular weight excluding hydrogens is 490 g/mol. The van der Waals surface area contributed by atoms with Crippen molar-refractivity contribution >= 4 is 28.5 Å². The summed E-state index contributed by atoms with van der Waals surface area (Å²) in [5, 5.41) is 10.6. The van der Waals surface area contributed by atoms with Crippen LogP contribution in [0.3, 0.4) is 0 Å². The second-order valence-electron chi connectivity index (χ2n) is 9.30. The molecule has 4 rings (SSSR count). The second kappa shape index (κ2) is 11.6. The minimum absolute atomic E-state index is 0.212. The fourth-order valence-electron chi connectivity index (χ4n) is 4.30. The monoisotopic (exact) mass is 521 g/mol. The Balaban J connectivity index is 1.75. The fourth-order valence-corrected chi connectivity index (χ4v) is 4.61. The number of methoxy groups -OCH3 is 2. The number of amides is 1. The van der Waals surface area contributed by atoms with Crippen LogP contribution in [-0.2, 0) is 13.1 Å². The van der Waals surface area contributed by atoms with E-state index in [0.717, 1.165) is 28.8 Å². The highest BCUT2D eigenvalue weighted by Gasteiger charge is 2.25. The Hall–Kier alpha value is -3.71. The van der Waals surface area contributed by atoms with Gasteiger partial charge in [-0.05, 0) is 42.7 Å². The average Bonchev–Trinajstić information content (AvgIpc) is 3.23. The molecule has 37 heavy (non-hydrogen) atoms. The maximum absolute atomic E-state index is 13.9. The summed E-state index contributed by atoms with van der Waals surface area (Å²) in [5.74, 6) is 1.91. The van der Waals surface area contributed by atoms with Gasteiger partial charge in [-0.1, -0.05) is 55.8 Å². The van der Waals surface area contributed by atoms with Crippen molar-refractivity contribution in [3.8, 4) is 17.2 Å². The van der Waals surface area contributed by atoms with Gasteiger partial charge in [0.1, 0.15) is 11.6 Å². The molecule has 0 aliphatic rings. The smallest absolute Gasteiger partial charge is 0.255 e. The van der Waals surface area contributed by atoms with Gasteiger partial charge in [0, 0.05) is 12.1 Å². The fraction of sp³-hybridized carbons (Fsp3) is 0.310. The number of para-hydroxylation sites is 3. The summed E-state index contributed by atoms with van der Waals surface area (Å²) in [4.78, 5) is 20.5. The van der Waals surface area contributed by atoms with Gasteiger partial charge in [0.05, 0.1) is 48.9 Å². The largest absolute Gasteiger partial charge is 0.508 e. The van der Waals surface area contributed by atoms with Crippen LogP contribution in [0, 0.1) is 5.92 Å². The third kappa shape index (κ3) is 5.67. The minimum Gasteiger partial charge on any atom is -0.508 e. The first-order chi connectivity index (χ1) is 17.8. The first kappa shape index (κ1) is 26.4. The van der Waals surface area contributed by atoms with Gasteiger partial charge in [-0.3, -0.25) is 4.79 Å². The third-order valence-electron chi connectivity index (χ3n) is 6.36. The molecule has 0 spiro atoms. The lowest BCUT2D eigenvalue weighted by Crippen LogP contribution is -2.33. The molecule has 0 bridgehead atoms. The van der Waals surface area contributed by atoms with E-state index in [1.165, 1.54) is 14.2 Å². The van der Waals surface area contributed by atoms with Crippen LogP contribution in [-0.4, -0.2) is 46.2 Å². The summed E-state index contributed by atoms with van der Waals surface area (Å²) in [5.41, 5.74) is 2.87. The van der Waals surface area contributed by atoms with Crippen molar-refractivity contribution in [2.75, 3.05) is 20.8 Å². The number of phenols is 1. The standard InChI is InChI=1S/C29H32ClN3O4/c1-19(2)15-16-32(29(35)21-13-14-25(36-3)28(37-4)27(21)30)18-26-31-22-10-6-7-11-23(22)33(26)17-20-9-5-8-12-24(20)34/h5-14,19,34H,15-18H2,1-4H3. The van der Waals surface area contributed by atoms with Gasteiger partial charge in [-0.25, -0.2) is 4.98 Å². The lowest BCUT2D eigenvalue weighted by atomic mass is 10.1. The molecule has 4 aromatic rings. The first-order valence-electron chi connectivity index (χ1n) is 12.2. The van der Waals surface area contributed by atoms with Crippen molar-refractivity contribution in [1.29, 1.82) is 0 Å². The Morgan fingerprint density at radius 1 is 1.05 bits per heavy atom. The van der Waals surface area contributed by atoms with Gasteiger partial charge in [-0.2, -0.15) is 0 Å². The molecule has 3 aromatic carbocycles. The number of aromatic nitrogens is 2. The SMILES string of the molecule is COc1ccc(C(=O)N(CCC(C)C)Cc2nc3ccccc3n2Cc2ccccc2O)c(Cl)c1OC. The molecule has 194 valence electrons. The number of carbonyl (C=O) groups excluding carboxylic acids is 1. The van der Waals surface area contributed by atoms with E-state index in [2.05, 4.69) is 18.4 Å². The molecular formula is C29H32ClN3O4. The highest BCUT2D eigenvalue weighted by molar-refractivity contribution is 6.35. The van der Waals surface area contributed by atoms with Gasteiger partial charge in [0.25, 0.3) is 5.91 Å². The molecule has 7 nitrogen and oxygen atoms in total. The number of hydrogen-bond donors (Lipinski definition) is 1. The minimum atomic E-state index is -0.215. The van der Waals surface area contributed by atoms with E-state index in [-0.39, 0.29) is 23.2 Å².